The number of amides is 2. The summed E-state index contributed by atoms with van der Waals surface area (Å²) in [6.07, 6.45) is 0. The molecular weight excluding hydrogens is 569 g/mol. The van der Waals surface area contributed by atoms with Crippen LogP contribution in [-0.2, 0) is 13.1 Å². The average molecular weight is 594 g/mol. The predicted molar refractivity (Wildman–Crippen MR) is 156 cm³/mol. The second-order valence-electron chi connectivity index (χ2n) is 9.34. The van der Waals surface area contributed by atoms with Crippen LogP contribution in [0.3, 0.4) is 0 Å². The molecule has 1 aliphatic rings. The van der Waals surface area contributed by atoms with Gasteiger partial charge in [-0.2, -0.15) is 0 Å². The smallest absolute Gasteiger partial charge is 0.333 e. The first-order valence-electron chi connectivity index (χ1n) is 12.6. The van der Waals surface area contributed by atoms with E-state index in [2.05, 4.69) is 5.32 Å². The van der Waals surface area contributed by atoms with Gasteiger partial charge in [-0.15, -0.1) is 0 Å². The summed E-state index contributed by atoms with van der Waals surface area (Å²) in [6.45, 7) is 0.346. The van der Waals surface area contributed by atoms with Gasteiger partial charge in [-0.3, -0.25) is 23.5 Å². The topological polar surface area (TPSA) is 129 Å². The van der Waals surface area contributed by atoms with Crippen LogP contribution in [0.2, 0.25) is 10.0 Å². The molecular formula is C29H25Cl2N5O5. The largest absolute Gasteiger partial charge is 0.497 e. The molecule has 0 saturated carbocycles. The van der Waals surface area contributed by atoms with Gasteiger partial charge in [-0.1, -0.05) is 23.2 Å². The van der Waals surface area contributed by atoms with Crippen molar-refractivity contribution in [3.8, 4) is 11.4 Å². The predicted octanol–water partition coefficient (Wildman–Crippen LogP) is 4.00. The fourth-order valence-electron chi connectivity index (χ4n) is 4.72. The molecule has 4 aromatic rings. The number of anilines is 1. The summed E-state index contributed by atoms with van der Waals surface area (Å²) < 4.78 is 8.13. The monoisotopic (exact) mass is 593 g/mol. The zero-order chi connectivity index (χ0) is 29.3. The van der Waals surface area contributed by atoms with Crippen molar-refractivity contribution >= 4 is 46.5 Å². The Morgan fingerprint density at radius 2 is 1.61 bits per heavy atom. The molecule has 3 N–H and O–H groups in total. The van der Waals surface area contributed by atoms with Crippen LogP contribution in [0, 0.1) is 0 Å². The number of methoxy groups -OCH3 is 1. The molecule has 0 radical (unpaired) electrons. The van der Waals surface area contributed by atoms with E-state index in [1.807, 2.05) is 0 Å². The first-order chi connectivity index (χ1) is 19.7. The maximum absolute atomic E-state index is 13.8. The number of nitrogens with two attached hydrogens (primary N) is 1. The lowest BCUT2D eigenvalue weighted by molar-refractivity contribution is 0.0707. The number of carbonyl (C=O) groups excluding carboxylic acids is 3. The Morgan fingerprint density at radius 1 is 0.927 bits per heavy atom. The Kier molecular flexibility index (Phi) is 7.87. The summed E-state index contributed by atoms with van der Waals surface area (Å²) in [6, 6.07) is 17.8. The third kappa shape index (κ3) is 5.57. The van der Waals surface area contributed by atoms with Crippen molar-refractivity contribution < 1.29 is 19.1 Å². The molecule has 41 heavy (non-hydrogen) atoms. The summed E-state index contributed by atoms with van der Waals surface area (Å²) in [5.41, 5.74) is 7.25. The van der Waals surface area contributed by atoms with Crippen molar-refractivity contribution in [3.63, 3.8) is 0 Å². The van der Waals surface area contributed by atoms with E-state index < -0.39 is 5.91 Å². The van der Waals surface area contributed by atoms with Crippen LogP contribution in [0.1, 0.15) is 36.9 Å². The standard InChI is InChI=1S/C29H25Cl2N5O5/c1-41-21-9-7-20(8-10-21)36-26(25(37)15-33-19-5-2-17(3-6-19)27(32)38)24-16-34(12-13-35(24)29(36)40)28(39)18-4-11-22(30)23(31)14-18/h2-11,14,33H,12-13,15-16H2,1H3,(H2,32,38). The molecule has 3 aromatic carbocycles. The number of ether oxygens (including phenoxy) is 1. The molecule has 10 nitrogen and oxygen atoms in total. The van der Waals surface area contributed by atoms with Gasteiger partial charge in [0.05, 0.1) is 41.6 Å². The van der Waals surface area contributed by atoms with Gasteiger partial charge in [-0.25, -0.2) is 4.79 Å². The highest BCUT2D eigenvalue weighted by molar-refractivity contribution is 6.42. The normalized spacial score (nSPS) is 12.5. The lowest BCUT2D eigenvalue weighted by Gasteiger charge is -2.28. The van der Waals surface area contributed by atoms with E-state index in [0.29, 0.717) is 39.0 Å². The highest BCUT2D eigenvalue weighted by Gasteiger charge is 2.32. The molecule has 0 aliphatic carbocycles. The Labute approximate surface area is 244 Å². The van der Waals surface area contributed by atoms with Gasteiger partial charge in [-0.05, 0) is 66.7 Å². The summed E-state index contributed by atoms with van der Waals surface area (Å²) in [7, 11) is 1.54. The van der Waals surface area contributed by atoms with Crippen LogP contribution in [0.4, 0.5) is 5.69 Å². The van der Waals surface area contributed by atoms with Crippen molar-refractivity contribution in [1.29, 1.82) is 0 Å². The van der Waals surface area contributed by atoms with Crippen LogP contribution in [-0.4, -0.2) is 51.8 Å². The molecule has 1 aromatic heterocycles. The molecule has 0 spiro atoms. The zero-order valence-electron chi connectivity index (χ0n) is 21.9. The minimum atomic E-state index is -0.559. The number of aromatic nitrogens is 2. The Bertz CT molecular complexity index is 1710. The second-order valence-corrected chi connectivity index (χ2v) is 10.2. The Balaban J connectivity index is 1.51. The van der Waals surface area contributed by atoms with Gasteiger partial charge >= 0.3 is 5.69 Å². The molecule has 1 aliphatic heterocycles. The fraction of sp³-hybridized carbons (Fsp3) is 0.172. The maximum Gasteiger partial charge on any atom is 0.333 e. The second kappa shape index (κ2) is 11.5. The molecule has 0 bridgehead atoms. The van der Waals surface area contributed by atoms with Gasteiger partial charge < -0.3 is 20.7 Å². The number of benzene rings is 3. The maximum atomic E-state index is 13.8. The number of fused-ring (bicyclic) bond motifs is 1. The lowest BCUT2D eigenvalue weighted by Crippen LogP contribution is -2.41. The Morgan fingerprint density at radius 3 is 2.24 bits per heavy atom. The molecule has 0 atom stereocenters. The number of ketones is 1. The van der Waals surface area contributed by atoms with E-state index in [1.54, 1.807) is 65.6 Å². The average Bonchev–Trinajstić information content (AvgIpc) is 3.28. The van der Waals surface area contributed by atoms with E-state index in [-0.39, 0.29) is 54.3 Å². The number of hydrogen-bond donors (Lipinski definition) is 2. The molecule has 0 fully saturated rings. The van der Waals surface area contributed by atoms with Crippen molar-refractivity contribution in [1.82, 2.24) is 14.0 Å². The summed E-state index contributed by atoms with van der Waals surface area (Å²) in [5.74, 6) is -0.630. The number of hydrogen-bond acceptors (Lipinski definition) is 6. The lowest BCUT2D eigenvalue weighted by atomic mass is 10.1. The highest BCUT2D eigenvalue weighted by atomic mass is 35.5. The van der Waals surface area contributed by atoms with Crippen molar-refractivity contribution in [2.45, 2.75) is 13.1 Å². The summed E-state index contributed by atoms with van der Waals surface area (Å²) in [5, 5.41) is 3.62. The number of carbonyl (C=O) groups is 3. The minimum absolute atomic E-state index is 0.0336. The van der Waals surface area contributed by atoms with E-state index in [1.165, 1.54) is 22.3 Å². The number of nitrogens with one attached hydrogen (secondary N) is 1. The Hall–Kier alpha value is -4.54. The number of rotatable bonds is 8. The van der Waals surface area contributed by atoms with E-state index >= 15 is 0 Å². The van der Waals surface area contributed by atoms with Gasteiger partial charge in [0.15, 0.2) is 0 Å². The quantitative estimate of drug-likeness (QED) is 0.297. The van der Waals surface area contributed by atoms with Crippen LogP contribution in [0.5, 0.6) is 5.75 Å². The molecule has 2 heterocycles. The number of imidazole rings is 1. The fourth-order valence-corrected chi connectivity index (χ4v) is 5.02. The molecule has 210 valence electrons. The van der Waals surface area contributed by atoms with Crippen LogP contribution in [0.15, 0.2) is 71.5 Å². The number of nitrogens with zero attached hydrogens (tertiary/aromatic N) is 3. The summed E-state index contributed by atoms with van der Waals surface area (Å²) >= 11 is 12.1. The van der Waals surface area contributed by atoms with Gasteiger partial charge in [0.25, 0.3) is 5.91 Å². The first-order valence-corrected chi connectivity index (χ1v) is 13.3. The van der Waals surface area contributed by atoms with Crippen LogP contribution < -0.4 is 21.5 Å². The van der Waals surface area contributed by atoms with Crippen molar-refractivity contribution in [3.05, 3.63) is 110 Å². The van der Waals surface area contributed by atoms with Crippen LogP contribution in [0.25, 0.3) is 5.69 Å². The third-order valence-corrected chi connectivity index (χ3v) is 7.59. The molecule has 12 heteroatoms. The summed E-state index contributed by atoms with van der Waals surface area (Å²) in [4.78, 5) is 53.7. The minimum Gasteiger partial charge on any atom is -0.497 e. The van der Waals surface area contributed by atoms with E-state index in [9.17, 15) is 19.2 Å². The molecule has 2 amide bonds. The number of primary amides is 1. The molecule has 0 unspecified atom stereocenters. The van der Waals surface area contributed by atoms with Gasteiger partial charge in [0, 0.05) is 29.9 Å². The van der Waals surface area contributed by atoms with Crippen molar-refractivity contribution in [2.75, 3.05) is 25.5 Å². The highest BCUT2D eigenvalue weighted by Crippen LogP contribution is 2.26. The number of Topliss-reactive ketones (excluding diaryl/α,β-unsaturated/α-hetero) is 1. The SMILES string of the molecule is COc1ccc(-n2c(C(=O)CNc3ccc(C(N)=O)cc3)c3n(c2=O)CCN(C(=O)c2ccc(Cl)c(Cl)c2)C3)cc1. The third-order valence-electron chi connectivity index (χ3n) is 6.85. The van der Waals surface area contributed by atoms with Crippen LogP contribution >= 0.6 is 23.2 Å². The first kappa shape index (κ1) is 28.0. The van der Waals surface area contributed by atoms with Crippen molar-refractivity contribution in [2.24, 2.45) is 5.73 Å². The van der Waals surface area contributed by atoms with E-state index in [4.69, 9.17) is 33.7 Å². The van der Waals surface area contributed by atoms with E-state index in [0.717, 1.165) is 0 Å². The molecule has 5 rings (SSSR count). The van der Waals surface area contributed by atoms with Gasteiger partial charge in [0.2, 0.25) is 11.7 Å². The van der Waals surface area contributed by atoms with Gasteiger partial charge in [0.1, 0.15) is 11.4 Å². The molecule has 0 saturated heterocycles. The zero-order valence-corrected chi connectivity index (χ0v) is 23.4. The number of halogens is 2.